The van der Waals surface area contributed by atoms with Gasteiger partial charge in [-0.25, -0.2) is 0 Å². The summed E-state index contributed by atoms with van der Waals surface area (Å²) in [5, 5.41) is 11.4. The summed E-state index contributed by atoms with van der Waals surface area (Å²) in [6.07, 6.45) is 17.1. The van der Waals surface area contributed by atoms with Crippen LogP contribution in [0, 0.1) is 51.8 Å². The summed E-state index contributed by atoms with van der Waals surface area (Å²) in [6.45, 7) is 12.2. The van der Waals surface area contributed by atoms with Crippen molar-refractivity contribution in [2.75, 3.05) is 19.6 Å². The lowest BCUT2D eigenvalue weighted by Crippen LogP contribution is -2.65. The van der Waals surface area contributed by atoms with Gasteiger partial charge in [-0.3, -0.25) is 4.79 Å². The monoisotopic (exact) mass is 539 g/mol. The molecule has 0 aromatic heterocycles. The highest BCUT2D eigenvalue weighted by Crippen LogP contribution is 2.84. The number of allylic oxidation sites excluding steroid dienone is 1. The number of fused-ring (bicyclic) bond motifs is 2. The van der Waals surface area contributed by atoms with Crippen molar-refractivity contribution in [3.05, 3.63) is 11.6 Å². The van der Waals surface area contributed by atoms with Gasteiger partial charge in [0, 0.05) is 12.0 Å². The normalized spacial score (nSPS) is 47.0. The molecule has 4 bridgehead atoms. The second-order valence-electron chi connectivity index (χ2n) is 14.9. The zero-order valence-corrected chi connectivity index (χ0v) is 25.0. The number of ether oxygens (including phenoxy) is 1. The average molecular weight is 540 g/mol. The Balaban J connectivity index is 1.43. The predicted octanol–water partition coefficient (Wildman–Crippen LogP) is 6.75. The fourth-order valence-electron chi connectivity index (χ4n) is 11.5. The van der Waals surface area contributed by atoms with Gasteiger partial charge in [0.25, 0.3) is 0 Å². The van der Waals surface area contributed by atoms with E-state index in [2.05, 4.69) is 38.7 Å². The van der Waals surface area contributed by atoms with Crippen LogP contribution in [0.1, 0.15) is 105 Å². The third kappa shape index (κ3) is 3.70. The maximum absolute atomic E-state index is 13.9. The summed E-state index contributed by atoms with van der Waals surface area (Å²) in [5.41, 5.74) is -1.37. The Hall–Kier alpha value is -1.20. The van der Waals surface area contributed by atoms with E-state index in [1.54, 1.807) is 0 Å². The molecular formula is C34H53NO4. The Morgan fingerprint density at radius 1 is 1.18 bits per heavy atom. The number of unbranched alkanes of at least 4 members (excludes halogenated alkanes) is 2. The third-order valence-corrected chi connectivity index (χ3v) is 13.0. The van der Waals surface area contributed by atoms with Gasteiger partial charge < -0.3 is 19.5 Å². The first-order valence-electron chi connectivity index (χ1n) is 16.6. The van der Waals surface area contributed by atoms with E-state index in [0.29, 0.717) is 24.2 Å². The Bertz CT molecular complexity index is 986. The molecule has 218 valence electrons. The van der Waals surface area contributed by atoms with Crippen molar-refractivity contribution in [2.45, 2.75) is 117 Å². The summed E-state index contributed by atoms with van der Waals surface area (Å²) in [7, 11) is 0. The van der Waals surface area contributed by atoms with E-state index in [9.17, 15) is 14.7 Å². The van der Waals surface area contributed by atoms with Crippen LogP contribution in [0.25, 0.3) is 0 Å². The molecule has 10 atom stereocenters. The van der Waals surface area contributed by atoms with Gasteiger partial charge in [-0.15, -0.1) is 0 Å². The molecule has 2 aliphatic heterocycles. The second-order valence-corrected chi connectivity index (χ2v) is 14.9. The molecule has 0 spiro atoms. The Kier molecular flexibility index (Phi) is 7.35. The Labute approximate surface area is 236 Å². The smallest absolute Gasteiger partial charge is 0.315 e. The number of rotatable bonds is 10. The van der Waals surface area contributed by atoms with E-state index in [-0.39, 0.29) is 30.0 Å². The number of carbonyl (C=O) groups is 2. The van der Waals surface area contributed by atoms with Crippen molar-refractivity contribution in [3.63, 3.8) is 0 Å². The van der Waals surface area contributed by atoms with Gasteiger partial charge in [0.05, 0.1) is 17.6 Å². The summed E-state index contributed by atoms with van der Waals surface area (Å²) >= 11 is 0. The van der Waals surface area contributed by atoms with E-state index in [0.717, 1.165) is 50.9 Å². The molecule has 0 radical (unpaired) electrons. The lowest BCUT2D eigenvalue weighted by Gasteiger charge is -2.60. The van der Waals surface area contributed by atoms with Gasteiger partial charge in [-0.1, -0.05) is 71.4 Å². The van der Waals surface area contributed by atoms with Gasteiger partial charge in [-0.05, 0) is 93.5 Å². The first-order chi connectivity index (χ1) is 18.8. The molecule has 7 unspecified atom stereocenters. The number of hydrogen-bond donors (Lipinski definition) is 1. The third-order valence-electron chi connectivity index (χ3n) is 13.0. The van der Waals surface area contributed by atoms with Crippen LogP contribution < -0.4 is 0 Å². The highest BCUT2D eigenvalue weighted by atomic mass is 16.5. The number of carbonyl (C=O) groups excluding carboxylic acids is 1. The first-order valence-corrected chi connectivity index (χ1v) is 16.6. The SMILES string of the molecule is CCCCCC1CC(C23C[C@@H]4[C@H](C)CC[C@H]4C4(C=O)CC2C=C(C(C)C)C34C(=O)O)OC1CN1CCCCC1. The number of aldehydes is 1. The predicted molar refractivity (Wildman–Crippen MR) is 153 cm³/mol. The van der Waals surface area contributed by atoms with Crippen LogP contribution in [0.5, 0.6) is 0 Å². The fourth-order valence-corrected chi connectivity index (χ4v) is 11.5. The molecule has 0 aromatic rings. The van der Waals surface area contributed by atoms with E-state index in [4.69, 9.17) is 4.74 Å². The molecule has 1 N–H and O–H groups in total. The average Bonchev–Trinajstić information content (AvgIpc) is 3.62. The molecule has 6 rings (SSSR count). The first kappa shape index (κ1) is 27.9. The van der Waals surface area contributed by atoms with Gasteiger partial charge in [0.2, 0.25) is 0 Å². The fraction of sp³-hybridized carbons (Fsp3) is 0.882. The van der Waals surface area contributed by atoms with Crippen molar-refractivity contribution in [2.24, 2.45) is 51.8 Å². The van der Waals surface area contributed by atoms with Crippen LogP contribution in [0.4, 0.5) is 0 Å². The highest BCUT2D eigenvalue weighted by Gasteiger charge is 2.86. The largest absolute Gasteiger partial charge is 0.481 e. The topological polar surface area (TPSA) is 66.8 Å². The van der Waals surface area contributed by atoms with E-state index in [1.165, 1.54) is 51.2 Å². The van der Waals surface area contributed by atoms with Crippen LogP contribution in [-0.2, 0) is 14.3 Å². The van der Waals surface area contributed by atoms with Crippen molar-refractivity contribution in [1.82, 2.24) is 4.90 Å². The van der Waals surface area contributed by atoms with Gasteiger partial charge in [-0.2, -0.15) is 0 Å². The molecule has 5 fully saturated rings. The molecule has 6 aliphatic rings. The van der Waals surface area contributed by atoms with Crippen LogP contribution in [-0.4, -0.2) is 54.1 Å². The summed E-state index contributed by atoms with van der Waals surface area (Å²) in [6, 6.07) is 0. The van der Waals surface area contributed by atoms with Crippen molar-refractivity contribution in [1.29, 1.82) is 0 Å². The minimum absolute atomic E-state index is 0.0805. The highest BCUT2D eigenvalue weighted by molar-refractivity contribution is 5.90. The number of aliphatic carboxylic acids is 1. The summed E-state index contributed by atoms with van der Waals surface area (Å²) in [4.78, 5) is 30.0. The van der Waals surface area contributed by atoms with E-state index in [1.807, 2.05) is 0 Å². The van der Waals surface area contributed by atoms with E-state index < -0.39 is 22.2 Å². The van der Waals surface area contributed by atoms with Gasteiger partial charge >= 0.3 is 5.97 Å². The quantitative estimate of drug-likeness (QED) is 0.189. The van der Waals surface area contributed by atoms with Crippen molar-refractivity contribution >= 4 is 12.3 Å². The second kappa shape index (κ2) is 10.3. The summed E-state index contributed by atoms with van der Waals surface area (Å²) < 4.78 is 7.27. The van der Waals surface area contributed by atoms with Gasteiger partial charge in [0.15, 0.2) is 0 Å². The lowest BCUT2D eigenvalue weighted by molar-refractivity contribution is -0.197. The van der Waals surface area contributed by atoms with Crippen LogP contribution in [0.3, 0.4) is 0 Å². The maximum Gasteiger partial charge on any atom is 0.315 e. The zero-order valence-electron chi connectivity index (χ0n) is 25.0. The van der Waals surface area contributed by atoms with Crippen molar-refractivity contribution in [3.8, 4) is 0 Å². The Morgan fingerprint density at radius 3 is 2.62 bits per heavy atom. The number of nitrogens with zero attached hydrogens (tertiary/aromatic N) is 1. The van der Waals surface area contributed by atoms with Crippen LogP contribution in [0.15, 0.2) is 11.6 Å². The van der Waals surface area contributed by atoms with Crippen molar-refractivity contribution < 1.29 is 19.4 Å². The summed E-state index contributed by atoms with van der Waals surface area (Å²) in [5.74, 6) is 1.15. The molecule has 0 amide bonds. The van der Waals surface area contributed by atoms with Crippen LogP contribution in [0.2, 0.25) is 0 Å². The standard InChI is InChI=1S/C34H53NO4/c1-5-6-8-11-24-16-30(39-29(24)20-35-14-9-7-10-15-35)33-19-26-23(4)12-13-27(26)32(21-36)18-25(33)17-28(22(2)3)34(32,33)31(37)38/h17,21-27,29-30H,5-16,18-20H2,1-4H3,(H,37,38)/t23-,24?,25?,26-,27-,29?,30?,32?,33?,34?/m1/s1. The van der Waals surface area contributed by atoms with E-state index >= 15 is 0 Å². The zero-order chi connectivity index (χ0) is 27.6. The molecular weight excluding hydrogens is 486 g/mol. The molecule has 0 aromatic carbocycles. The van der Waals surface area contributed by atoms with Crippen LogP contribution >= 0.6 is 0 Å². The molecule has 2 heterocycles. The maximum atomic E-state index is 13.9. The molecule has 4 aliphatic carbocycles. The molecule has 5 nitrogen and oxygen atoms in total. The number of likely N-dealkylation sites (tertiary alicyclic amines) is 1. The molecule has 3 saturated carbocycles. The molecule has 2 saturated heterocycles. The van der Waals surface area contributed by atoms with Gasteiger partial charge in [0.1, 0.15) is 11.7 Å². The lowest BCUT2D eigenvalue weighted by atomic mass is 9.41. The number of carboxylic acids is 1. The Morgan fingerprint density at radius 2 is 1.95 bits per heavy atom. The minimum atomic E-state index is -1.12. The number of hydrogen-bond acceptors (Lipinski definition) is 4. The number of piperidine rings is 1. The minimum Gasteiger partial charge on any atom is -0.481 e. The number of carboxylic acid groups (broad SMARTS) is 1. The molecule has 39 heavy (non-hydrogen) atoms. The molecule has 5 heteroatoms.